The van der Waals surface area contributed by atoms with Gasteiger partial charge >= 0.3 is 0 Å². The van der Waals surface area contributed by atoms with E-state index in [1.165, 1.54) is 38.0 Å². The monoisotopic (exact) mass is 168 g/mol. The molecule has 12 heavy (non-hydrogen) atoms. The highest BCUT2D eigenvalue weighted by Crippen LogP contribution is 2.08. The summed E-state index contributed by atoms with van der Waals surface area (Å²) in [6.45, 7) is 7.04. The van der Waals surface area contributed by atoms with Crippen molar-refractivity contribution in [1.82, 2.24) is 10.2 Å². The van der Waals surface area contributed by atoms with Crippen molar-refractivity contribution < 1.29 is 0 Å². The van der Waals surface area contributed by atoms with Crippen LogP contribution in [0.4, 0.5) is 0 Å². The van der Waals surface area contributed by atoms with Crippen LogP contribution in [0.1, 0.15) is 19.8 Å². The van der Waals surface area contributed by atoms with Gasteiger partial charge in [0.2, 0.25) is 0 Å². The van der Waals surface area contributed by atoms with Crippen LogP contribution < -0.4 is 5.32 Å². The highest BCUT2D eigenvalue weighted by molar-refractivity contribution is 5.04. The van der Waals surface area contributed by atoms with Crippen molar-refractivity contribution in [1.29, 1.82) is 0 Å². The summed E-state index contributed by atoms with van der Waals surface area (Å²) in [5, 5.41) is 3.18. The molecule has 1 N–H and O–H groups in total. The van der Waals surface area contributed by atoms with Crippen LogP contribution in [0, 0.1) is 0 Å². The smallest absolute Gasteiger partial charge is 0.0190 e. The van der Waals surface area contributed by atoms with Crippen molar-refractivity contribution in [2.75, 3.05) is 33.2 Å². The molecule has 0 aromatic carbocycles. The van der Waals surface area contributed by atoms with Crippen molar-refractivity contribution in [3.05, 3.63) is 11.6 Å². The summed E-state index contributed by atoms with van der Waals surface area (Å²) >= 11 is 0. The van der Waals surface area contributed by atoms with Gasteiger partial charge in [0.1, 0.15) is 0 Å². The van der Waals surface area contributed by atoms with E-state index in [-0.39, 0.29) is 0 Å². The van der Waals surface area contributed by atoms with Crippen LogP contribution in [0.2, 0.25) is 0 Å². The average Bonchev–Trinajstić information content (AvgIpc) is 2.05. The van der Waals surface area contributed by atoms with Crippen LogP contribution in [0.15, 0.2) is 11.6 Å². The van der Waals surface area contributed by atoms with E-state index in [1.807, 2.05) is 7.05 Å². The van der Waals surface area contributed by atoms with Crippen LogP contribution in [0.5, 0.6) is 0 Å². The molecular weight excluding hydrogens is 148 g/mol. The van der Waals surface area contributed by atoms with Gasteiger partial charge in [-0.3, -0.25) is 4.90 Å². The maximum atomic E-state index is 3.18. The standard InChI is InChI=1S/C10H20N2/c1-10-5-3-7-12(9-10)8-4-6-11-2/h5,11H,3-4,6-9H2,1-2H3. The molecule has 0 bridgehead atoms. The second-order valence-electron chi connectivity index (χ2n) is 3.57. The summed E-state index contributed by atoms with van der Waals surface area (Å²) in [4.78, 5) is 2.53. The minimum Gasteiger partial charge on any atom is -0.320 e. The maximum Gasteiger partial charge on any atom is 0.0190 e. The van der Waals surface area contributed by atoms with Gasteiger partial charge in [-0.15, -0.1) is 0 Å². The first-order valence-corrected chi connectivity index (χ1v) is 4.85. The average molecular weight is 168 g/mol. The van der Waals surface area contributed by atoms with E-state index in [4.69, 9.17) is 0 Å². The molecule has 2 nitrogen and oxygen atoms in total. The van der Waals surface area contributed by atoms with Crippen LogP contribution in [0.25, 0.3) is 0 Å². The fourth-order valence-electron chi connectivity index (χ4n) is 1.66. The minimum atomic E-state index is 1.14. The summed E-state index contributed by atoms with van der Waals surface area (Å²) in [7, 11) is 2.02. The van der Waals surface area contributed by atoms with Gasteiger partial charge in [0, 0.05) is 13.1 Å². The normalized spacial score (nSPS) is 19.3. The number of hydrogen-bond acceptors (Lipinski definition) is 2. The predicted octanol–water partition coefficient (Wildman–Crippen LogP) is 1.25. The fourth-order valence-corrected chi connectivity index (χ4v) is 1.66. The Labute approximate surface area is 75.6 Å². The zero-order valence-electron chi connectivity index (χ0n) is 8.27. The van der Waals surface area contributed by atoms with Gasteiger partial charge in [-0.05, 0) is 39.9 Å². The Balaban J connectivity index is 2.13. The molecule has 1 aliphatic heterocycles. The van der Waals surface area contributed by atoms with Gasteiger partial charge in [-0.25, -0.2) is 0 Å². The van der Waals surface area contributed by atoms with Gasteiger partial charge in [0.05, 0.1) is 0 Å². The molecule has 0 amide bonds. The lowest BCUT2D eigenvalue weighted by molar-refractivity contribution is 0.286. The molecule has 0 saturated heterocycles. The van der Waals surface area contributed by atoms with E-state index in [0.717, 1.165) is 6.54 Å². The molecule has 0 spiro atoms. The van der Waals surface area contributed by atoms with Crippen LogP contribution in [0.3, 0.4) is 0 Å². The van der Waals surface area contributed by atoms with E-state index in [0.29, 0.717) is 0 Å². The molecular formula is C10H20N2. The molecule has 0 aliphatic carbocycles. The Morgan fingerprint density at radius 2 is 2.42 bits per heavy atom. The zero-order valence-corrected chi connectivity index (χ0v) is 8.27. The van der Waals surface area contributed by atoms with E-state index >= 15 is 0 Å². The van der Waals surface area contributed by atoms with Gasteiger partial charge in [0.25, 0.3) is 0 Å². The van der Waals surface area contributed by atoms with Gasteiger partial charge in [-0.1, -0.05) is 11.6 Å². The lowest BCUT2D eigenvalue weighted by Gasteiger charge is -2.25. The number of rotatable bonds is 4. The highest BCUT2D eigenvalue weighted by Gasteiger charge is 2.08. The second-order valence-corrected chi connectivity index (χ2v) is 3.57. The molecule has 1 aliphatic rings. The Bertz CT molecular complexity index is 152. The Hall–Kier alpha value is -0.340. The third-order valence-electron chi connectivity index (χ3n) is 2.31. The topological polar surface area (TPSA) is 15.3 Å². The maximum absolute atomic E-state index is 3.18. The Morgan fingerprint density at radius 3 is 3.08 bits per heavy atom. The second kappa shape index (κ2) is 5.33. The first kappa shape index (κ1) is 9.75. The molecule has 0 saturated carbocycles. The van der Waals surface area contributed by atoms with Crippen molar-refractivity contribution in [2.45, 2.75) is 19.8 Å². The van der Waals surface area contributed by atoms with Crippen molar-refractivity contribution >= 4 is 0 Å². The largest absolute Gasteiger partial charge is 0.320 e. The first-order chi connectivity index (χ1) is 5.83. The Morgan fingerprint density at radius 1 is 1.58 bits per heavy atom. The summed E-state index contributed by atoms with van der Waals surface area (Å²) in [6.07, 6.45) is 4.86. The van der Waals surface area contributed by atoms with Crippen molar-refractivity contribution in [3.63, 3.8) is 0 Å². The molecule has 0 fully saturated rings. The first-order valence-electron chi connectivity index (χ1n) is 4.85. The van der Waals surface area contributed by atoms with Crippen LogP contribution >= 0.6 is 0 Å². The predicted molar refractivity (Wildman–Crippen MR) is 53.4 cm³/mol. The summed E-state index contributed by atoms with van der Waals surface area (Å²) in [5.41, 5.74) is 1.53. The van der Waals surface area contributed by atoms with E-state index < -0.39 is 0 Å². The molecule has 0 atom stereocenters. The van der Waals surface area contributed by atoms with Crippen LogP contribution in [-0.2, 0) is 0 Å². The van der Waals surface area contributed by atoms with Crippen molar-refractivity contribution in [3.8, 4) is 0 Å². The summed E-state index contributed by atoms with van der Waals surface area (Å²) < 4.78 is 0. The molecule has 1 rings (SSSR count). The number of nitrogens with one attached hydrogen (secondary N) is 1. The lowest BCUT2D eigenvalue weighted by atomic mass is 10.1. The molecule has 2 heteroatoms. The van der Waals surface area contributed by atoms with E-state index in [2.05, 4.69) is 23.2 Å². The van der Waals surface area contributed by atoms with Gasteiger partial charge in [0.15, 0.2) is 0 Å². The molecule has 0 unspecified atom stereocenters. The SMILES string of the molecule is CNCCCN1CCC=C(C)C1. The number of hydrogen-bond donors (Lipinski definition) is 1. The lowest BCUT2D eigenvalue weighted by Crippen LogP contribution is -2.31. The zero-order chi connectivity index (χ0) is 8.81. The van der Waals surface area contributed by atoms with Gasteiger partial charge in [-0.2, -0.15) is 0 Å². The minimum absolute atomic E-state index is 1.14. The Kier molecular flexibility index (Phi) is 4.33. The van der Waals surface area contributed by atoms with E-state index in [9.17, 15) is 0 Å². The molecule has 1 heterocycles. The third-order valence-corrected chi connectivity index (χ3v) is 2.31. The highest BCUT2D eigenvalue weighted by atomic mass is 15.1. The fraction of sp³-hybridized carbons (Fsp3) is 0.800. The summed E-state index contributed by atoms with van der Waals surface area (Å²) in [5.74, 6) is 0. The molecule has 70 valence electrons. The molecule has 0 aromatic rings. The van der Waals surface area contributed by atoms with Crippen molar-refractivity contribution in [2.24, 2.45) is 0 Å². The van der Waals surface area contributed by atoms with Gasteiger partial charge < -0.3 is 5.32 Å². The molecule has 0 radical (unpaired) electrons. The quantitative estimate of drug-likeness (QED) is 0.502. The van der Waals surface area contributed by atoms with E-state index in [1.54, 1.807) is 0 Å². The van der Waals surface area contributed by atoms with Crippen LogP contribution in [-0.4, -0.2) is 38.1 Å². The number of nitrogens with zero attached hydrogens (tertiary/aromatic N) is 1. The third kappa shape index (κ3) is 3.37. The molecule has 0 aromatic heterocycles. The summed E-state index contributed by atoms with van der Waals surface area (Å²) in [6, 6.07) is 0.